The van der Waals surface area contributed by atoms with Crippen molar-refractivity contribution < 1.29 is 13.5 Å². The van der Waals surface area contributed by atoms with E-state index in [9.17, 15) is 13.5 Å². The lowest BCUT2D eigenvalue weighted by atomic mass is 10.1. The number of nitrogens with one attached hydrogen (secondary N) is 1. The van der Waals surface area contributed by atoms with Crippen LogP contribution in [0.25, 0.3) is 21.8 Å². The fourth-order valence-corrected chi connectivity index (χ4v) is 4.62. The standard InChI is InChI=1S/C22H21ClN2O3S/c1-29(27,28)24-19-10-6-7-15(22(19)23)13-16(26)14-25-20-11-4-2-8-17(20)18-9-3-5-12-21(18)25/h2-12,16,24,26H,13-14H2,1H3. The summed E-state index contributed by atoms with van der Waals surface area (Å²) < 4.78 is 27.6. The van der Waals surface area contributed by atoms with Crippen LogP contribution in [0.3, 0.4) is 0 Å². The molecule has 0 radical (unpaired) electrons. The van der Waals surface area contributed by atoms with Gasteiger partial charge in [0.1, 0.15) is 0 Å². The summed E-state index contributed by atoms with van der Waals surface area (Å²) >= 11 is 6.39. The molecule has 5 nitrogen and oxygen atoms in total. The van der Waals surface area contributed by atoms with Crippen molar-refractivity contribution in [2.75, 3.05) is 11.0 Å². The maximum atomic E-state index is 11.5. The highest BCUT2D eigenvalue weighted by molar-refractivity contribution is 7.92. The Morgan fingerprint density at radius 1 is 0.966 bits per heavy atom. The van der Waals surface area contributed by atoms with Crippen LogP contribution >= 0.6 is 11.6 Å². The zero-order valence-electron chi connectivity index (χ0n) is 15.8. The van der Waals surface area contributed by atoms with Crippen molar-refractivity contribution in [3.8, 4) is 0 Å². The number of para-hydroxylation sites is 2. The van der Waals surface area contributed by atoms with Crippen LogP contribution in [0.2, 0.25) is 5.02 Å². The molecule has 0 amide bonds. The molecule has 0 saturated carbocycles. The van der Waals surface area contributed by atoms with Crippen molar-refractivity contribution in [1.29, 1.82) is 0 Å². The number of aliphatic hydroxyl groups is 1. The Bertz CT molecular complexity index is 1240. The van der Waals surface area contributed by atoms with Crippen molar-refractivity contribution in [2.24, 2.45) is 0 Å². The first-order valence-corrected chi connectivity index (χ1v) is 11.5. The van der Waals surface area contributed by atoms with E-state index in [1.807, 2.05) is 36.4 Å². The highest BCUT2D eigenvalue weighted by Gasteiger charge is 2.16. The lowest BCUT2D eigenvalue weighted by molar-refractivity contribution is 0.157. The number of hydrogen-bond donors (Lipinski definition) is 2. The molecule has 0 aliphatic rings. The number of hydrogen-bond acceptors (Lipinski definition) is 3. The number of benzene rings is 3. The molecule has 3 aromatic carbocycles. The monoisotopic (exact) mass is 428 g/mol. The normalized spacial score (nSPS) is 13.1. The van der Waals surface area contributed by atoms with Gasteiger partial charge < -0.3 is 9.67 Å². The van der Waals surface area contributed by atoms with Gasteiger partial charge in [-0.05, 0) is 23.8 Å². The van der Waals surface area contributed by atoms with E-state index < -0.39 is 16.1 Å². The molecule has 29 heavy (non-hydrogen) atoms. The summed E-state index contributed by atoms with van der Waals surface area (Å²) in [5, 5.41) is 13.4. The van der Waals surface area contributed by atoms with Gasteiger partial charge in [-0.2, -0.15) is 0 Å². The van der Waals surface area contributed by atoms with Crippen LogP contribution in [0.15, 0.2) is 66.7 Å². The third-order valence-electron chi connectivity index (χ3n) is 4.90. The SMILES string of the molecule is CS(=O)(=O)Nc1cccc(CC(O)Cn2c3ccccc3c3ccccc32)c1Cl. The zero-order chi connectivity index (χ0) is 20.6. The number of nitrogens with zero attached hydrogens (tertiary/aromatic N) is 1. The molecule has 0 aliphatic carbocycles. The number of fused-ring (bicyclic) bond motifs is 3. The van der Waals surface area contributed by atoms with Crippen molar-refractivity contribution in [2.45, 2.75) is 19.1 Å². The Hall–Kier alpha value is -2.54. The third kappa shape index (κ3) is 4.10. The van der Waals surface area contributed by atoms with Crippen LogP contribution in [0.4, 0.5) is 5.69 Å². The van der Waals surface area contributed by atoms with Gasteiger partial charge in [-0.3, -0.25) is 4.72 Å². The molecule has 1 heterocycles. The van der Waals surface area contributed by atoms with Gasteiger partial charge in [0.25, 0.3) is 0 Å². The van der Waals surface area contributed by atoms with Gasteiger partial charge in [0.15, 0.2) is 0 Å². The molecular weight excluding hydrogens is 408 g/mol. The Morgan fingerprint density at radius 3 is 2.14 bits per heavy atom. The zero-order valence-corrected chi connectivity index (χ0v) is 17.4. The molecule has 1 aromatic heterocycles. The van der Waals surface area contributed by atoms with E-state index in [1.165, 1.54) is 0 Å². The molecule has 7 heteroatoms. The van der Waals surface area contributed by atoms with E-state index in [1.54, 1.807) is 18.2 Å². The summed E-state index contributed by atoms with van der Waals surface area (Å²) in [6, 6.07) is 21.4. The first-order valence-electron chi connectivity index (χ1n) is 9.23. The molecule has 0 saturated heterocycles. The molecule has 4 aromatic rings. The Labute approximate surface area is 174 Å². The van der Waals surface area contributed by atoms with Crippen LogP contribution in [-0.4, -0.2) is 30.5 Å². The lowest BCUT2D eigenvalue weighted by Crippen LogP contribution is -2.19. The second kappa shape index (κ2) is 7.71. The molecule has 0 bridgehead atoms. The molecule has 1 atom stereocenters. The van der Waals surface area contributed by atoms with E-state index in [4.69, 9.17) is 11.6 Å². The maximum absolute atomic E-state index is 11.5. The van der Waals surface area contributed by atoms with E-state index in [-0.39, 0.29) is 0 Å². The van der Waals surface area contributed by atoms with Crippen LogP contribution in [-0.2, 0) is 23.0 Å². The van der Waals surface area contributed by atoms with Crippen molar-refractivity contribution in [1.82, 2.24) is 4.57 Å². The summed E-state index contributed by atoms with van der Waals surface area (Å²) in [5.74, 6) is 0. The van der Waals surface area contributed by atoms with Gasteiger partial charge in [0.05, 0.1) is 23.1 Å². The average molecular weight is 429 g/mol. The summed E-state index contributed by atoms with van der Waals surface area (Å²) in [5.41, 5.74) is 3.13. The van der Waals surface area contributed by atoms with Crippen LogP contribution < -0.4 is 4.72 Å². The quantitative estimate of drug-likeness (QED) is 0.477. The van der Waals surface area contributed by atoms with Gasteiger partial charge in [-0.15, -0.1) is 0 Å². The molecular formula is C22H21ClN2O3S. The Morgan fingerprint density at radius 2 is 1.55 bits per heavy atom. The highest BCUT2D eigenvalue weighted by Crippen LogP contribution is 2.30. The minimum absolute atomic E-state index is 0.305. The number of aromatic nitrogens is 1. The van der Waals surface area contributed by atoms with Gasteiger partial charge in [-0.25, -0.2) is 8.42 Å². The second-order valence-corrected chi connectivity index (χ2v) is 9.28. The van der Waals surface area contributed by atoms with Crippen LogP contribution in [0, 0.1) is 0 Å². The lowest BCUT2D eigenvalue weighted by Gasteiger charge is -2.16. The molecule has 2 N–H and O–H groups in total. The van der Waals surface area contributed by atoms with Gasteiger partial charge >= 0.3 is 0 Å². The number of aliphatic hydroxyl groups excluding tert-OH is 1. The summed E-state index contributed by atoms with van der Waals surface area (Å²) in [4.78, 5) is 0. The average Bonchev–Trinajstić information content (AvgIpc) is 2.98. The fourth-order valence-electron chi connectivity index (χ4n) is 3.75. The van der Waals surface area contributed by atoms with Crippen LogP contribution in [0.5, 0.6) is 0 Å². The van der Waals surface area contributed by atoms with Crippen LogP contribution in [0.1, 0.15) is 5.56 Å². The minimum atomic E-state index is -3.44. The molecule has 0 spiro atoms. The third-order valence-corrected chi connectivity index (χ3v) is 5.94. The van der Waals surface area contributed by atoms with Gasteiger partial charge in [-0.1, -0.05) is 60.1 Å². The first kappa shape index (κ1) is 19.8. The first-order chi connectivity index (χ1) is 13.8. The van der Waals surface area contributed by atoms with Gasteiger partial charge in [0, 0.05) is 34.8 Å². The van der Waals surface area contributed by atoms with Crippen molar-refractivity contribution in [3.05, 3.63) is 77.3 Å². The fraction of sp³-hybridized carbons (Fsp3) is 0.182. The summed E-state index contributed by atoms with van der Waals surface area (Å²) in [6.07, 6.45) is 0.687. The highest BCUT2D eigenvalue weighted by atomic mass is 35.5. The summed E-state index contributed by atoms with van der Waals surface area (Å²) in [7, 11) is -3.44. The second-order valence-electron chi connectivity index (χ2n) is 7.16. The minimum Gasteiger partial charge on any atom is -0.391 e. The molecule has 0 aliphatic heterocycles. The predicted octanol–water partition coefficient (Wildman–Crippen LogP) is 4.42. The van der Waals surface area contributed by atoms with E-state index in [2.05, 4.69) is 21.4 Å². The van der Waals surface area contributed by atoms with E-state index >= 15 is 0 Å². The van der Waals surface area contributed by atoms with Crippen molar-refractivity contribution >= 4 is 49.1 Å². The van der Waals surface area contributed by atoms with Crippen molar-refractivity contribution in [3.63, 3.8) is 0 Å². The van der Waals surface area contributed by atoms with E-state index in [0.29, 0.717) is 29.2 Å². The molecule has 1 unspecified atom stereocenters. The summed E-state index contributed by atoms with van der Waals surface area (Å²) in [6.45, 7) is 0.397. The van der Waals surface area contributed by atoms with Gasteiger partial charge in [0.2, 0.25) is 10.0 Å². The predicted molar refractivity (Wildman–Crippen MR) is 119 cm³/mol. The van der Waals surface area contributed by atoms with E-state index in [0.717, 1.165) is 28.1 Å². The number of anilines is 1. The number of sulfonamides is 1. The number of rotatable bonds is 6. The Balaban J connectivity index is 1.64. The largest absolute Gasteiger partial charge is 0.391 e. The maximum Gasteiger partial charge on any atom is 0.229 e. The molecule has 0 fully saturated rings. The molecule has 150 valence electrons. The topological polar surface area (TPSA) is 71.3 Å². The number of halogens is 1. The smallest absolute Gasteiger partial charge is 0.229 e. The Kier molecular flexibility index (Phi) is 5.25. The molecule has 4 rings (SSSR count).